The van der Waals surface area contributed by atoms with Crippen LogP contribution in [0.15, 0.2) is 58.1 Å². The molecular formula is C47H69ClN8O11SSi2. The third-order valence-corrected chi connectivity index (χ3v) is 23.4. The average Bonchev–Trinajstić information content (AvgIpc) is 3.28. The summed E-state index contributed by atoms with van der Waals surface area (Å²) in [5.74, 6) is -1.10. The molecule has 0 spiro atoms. The highest BCUT2D eigenvalue weighted by Gasteiger charge is 2.63. The van der Waals surface area contributed by atoms with E-state index < -0.39 is 75.9 Å². The number of likely N-dealkylation sites (N-methyl/N-ethyl adjacent to an activating group) is 1. The van der Waals surface area contributed by atoms with Gasteiger partial charge in [0.1, 0.15) is 46.3 Å². The van der Waals surface area contributed by atoms with Crippen LogP contribution in [0.1, 0.15) is 77.8 Å². The number of rotatable bonds is 16. The maximum Gasteiger partial charge on any atom is 0.409 e. The largest absolute Gasteiger partial charge is 0.495 e. The number of carbonyl (C=O) groups is 4. The number of fused-ring (bicyclic) bond motifs is 6. The Kier molecular flexibility index (Phi) is 18.5. The van der Waals surface area contributed by atoms with Crippen LogP contribution in [0.2, 0.25) is 37.3 Å². The highest BCUT2D eigenvalue weighted by Crippen LogP contribution is 2.50. The van der Waals surface area contributed by atoms with Crippen LogP contribution in [0.4, 0.5) is 10.5 Å². The SMILES string of the molecule is COc1cc2cc(c1Cl)N(C)C(=O)C[C@H](OC(=O)[C@H](C)N(C)C(=O)CCC[Si](C)(C)O[Si](C)(C)CSc1ncc(CN=[N+]=[N-])cn1)[C@@]1(C)CC(C)(O1)[C@@H]1C[C@@](O)(NC(=O)O1)[C@H](OC)/C=C/C(C)=C(\C)C2. The van der Waals surface area contributed by atoms with E-state index in [2.05, 4.69) is 51.5 Å². The zero-order valence-corrected chi connectivity index (χ0v) is 46.2. The fourth-order valence-electron chi connectivity index (χ4n) is 9.15. The molecule has 6 bridgehead atoms. The minimum atomic E-state index is -2.23. The Morgan fingerprint density at radius 1 is 1.14 bits per heavy atom. The van der Waals surface area contributed by atoms with Crippen LogP contribution >= 0.6 is 23.4 Å². The van der Waals surface area contributed by atoms with Crippen molar-refractivity contribution in [3.63, 3.8) is 0 Å². The molecule has 0 aliphatic carbocycles. The number of thioether (sulfide) groups is 1. The Bertz CT molecular complexity index is 2380. The minimum absolute atomic E-state index is 0.117. The lowest BCUT2D eigenvalue weighted by molar-refractivity contribution is -0.328. The predicted octanol–water partition coefficient (Wildman–Crippen LogP) is 8.19. The predicted molar refractivity (Wildman–Crippen MR) is 271 cm³/mol. The first-order valence-corrected chi connectivity index (χ1v) is 30.8. The van der Waals surface area contributed by atoms with E-state index >= 15 is 0 Å². The van der Waals surface area contributed by atoms with E-state index in [0.717, 1.165) is 27.6 Å². The molecule has 1 aromatic heterocycles. The molecule has 1 aromatic carbocycles. The molecule has 1 unspecified atom stereocenters. The van der Waals surface area contributed by atoms with Crippen LogP contribution in [0.5, 0.6) is 5.75 Å². The van der Waals surface area contributed by atoms with Crippen LogP contribution in [-0.2, 0) is 50.4 Å². The molecule has 0 radical (unpaired) electrons. The van der Waals surface area contributed by atoms with E-state index in [0.29, 0.717) is 35.5 Å². The number of benzene rings is 1. The Morgan fingerprint density at radius 2 is 1.81 bits per heavy atom. The maximum absolute atomic E-state index is 14.4. The van der Waals surface area contributed by atoms with E-state index in [4.69, 9.17) is 44.9 Å². The first kappa shape index (κ1) is 56.4. The first-order chi connectivity index (χ1) is 32.7. The molecule has 6 rings (SSSR count). The second-order valence-electron chi connectivity index (χ2n) is 20.1. The zero-order chi connectivity index (χ0) is 52.0. The van der Waals surface area contributed by atoms with Crippen molar-refractivity contribution in [2.45, 2.75) is 158 Å². The van der Waals surface area contributed by atoms with Crippen molar-refractivity contribution in [3.8, 4) is 5.75 Å². The maximum atomic E-state index is 14.4. The Hall–Kier alpha value is -4.52. The van der Waals surface area contributed by atoms with Crippen LogP contribution in [0.3, 0.4) is 0 Å². The molecule has 2 aromatic rings. The summed E-state index contributed by atoms with van der Waals surface area (Å²) in [6, 6.07) is 3.28. The molecule has 2 N–H and O–H groups in total. The Morgan fingerprint density at radius 3 is 2.44 bits per heavy atom. The summed E-state index contributed by atoms with van der Waals surface area (Å²) < 4.78 is 36.8. The average molecular weight is 1050 g/mol. The first-order valence-electron chi connectivity index (χ1n) is 23.2. The molecule has 23 heteroatoms. The molecular weight excluding hydrogens is 976 g/mol. The standard InChI is InChI=1S/C47H69ClN8O11SSi2/c1-29-16-17-36(63-9)47(61)23-38(65-44(60)53-47)46(5)27-45(4,66-46)37(22-40(58)56(7)34-20-32(19-30(29)2)21-35(62-8)41(34)48)64-42(59)31(3)55(6)39(57)15-14-18-69(10,11)67-70(12,13)28-68-43-50-24-33(25-51-43)26-52-54-49/h16-17,20-21,24-25,31,36-38,61H,14-15,18-19,22-23,26-28H2,1-13H3,(H,53,60)/b17-16+,30-29+/t31-,36+,37-,38-,45+,46?,47-/m0/s1. The van der Waals surface area contributed by atoms with Gasteiger partial charge in [0.25, 0.3) is 0 Å². The number of ether oxygens (including phenoxy) is 5. The summed E-state index contributed by atoms with van der Waals surface area (Å²) >= 11 is 8.38. The van der Waals surface area contributed by atoms with Crippen molar-refractivity contribution in [2.75, 3.05) is 38.6 Å². The number of nitrogens with one attached hydrogen (secondary N) is 1. The quantitative estimate of drug-likeness (QED) is 0.0307. The zero-order valence-electron chi connectivity index (χ0n) is 42.6. The van der Waals surface area contributed by atoms with Gasteiger partial charge in [0, 0.05) is 63.1 Å². The molecule has 3 amide bonds. The third-order valence-electron chi connectivity index (χ3n) is 13.2. The number of esters is 1. The molecule has 2 saturated heterocycles. The lowest BCUT2D eigenvalue weighted by atomic mass is 9.72. The van der Waals surface area contributed by atoms with Crippen LogP contribution in [0, 0.1) is 0 Å². The number of methoxy groups -OCH3 is 2. The van der Waals surface area contributed by atoms with Crippen LogP contribution < -0.4 is 15.0 Å². The highest BCUT2D eigenvalue weighted by molar-refractivity contribution is 8.00. The summed E-state index contributed by atoms with van der Waals surface area (Å²) in [7, 11) is 1.64. The highest BCUT2D eigenvalue weighted by atomic mass is 35.5. The number of carbonyl (C=O) groups excluding carboxylic acids is 4. The molecule has 70 heavy (non-hydrogen) atoms. The second-order valence-corrected chi connectivity index (χ2v) is 30.7. The van der Waals surface area contributed by atoms with Crippen molar-refractivity contribution in [2.24, 2.45) is 5.11 Å². The van der Waals surface area contributed by atoms with E-state index in [-0.39, 0.29) is 43.2 Å². The van der Waals surface area contributed by atoms with Gasteiger partial charge in [-0.2, -0.15) is 0 Å². The summed E-state index contributed by atoms with van der Waals surface area (Å²) in [4.78, 5) is 69.6. The molecule has 4 aliphatic heterocycles. The number of allylic oxidation sites excluding steroid dienone is 3. The van der Waals surface area contributed by atoms with Gasteiger partial charge in [-0.3, -0.25) is 14.9 Å². The summed E-state index contributed by atoms with van der Waals surface area (Å²) in [6.07, 6.45) is 3.63. The number of alkyl carbamates (subject to hydrolysis) is 1. The number of hydrogen-bond donors (Lipinski definition) is 2. The van der Waals surface area contributed by atoms with E-state index in [1.54, 1.807) is 59.4 Å². The summed E-state index contributed by atoms with van der Waals surface area (Å²) in [5.41, 5.74) is 7.94. The van der Waals surface area contributed by atoms with Gasteiger partial charge in [0.05, 0.1) is 25.8 Å². The van der Waals surface area contributed by atoms with Gasteiger partial charge in [-0.05, 0) is 108 Å². The number of amides is 3. The number of aliphatic hydroxyl groups is 1. The fourth-order valence-corrected chi connectivity index (χ4v) is 19.8. The van der Waals surface area contributed by atoms with Gasteiger partial charge in [0.15, 0.2) is 27.5 Å². The Labute approximate surface area is 422 Å². The van der Waals surface area contributed by atoms with Crippen LogP contribution in [-0.4, -0.2) is 135 Å². The molecule has 0 saturated carbocycles. The van der Waals surface area contributed by atoms with Crippen molar-refractivity contribution in [1.82, 2.24) is 20.2 Å². The van der Waals surface area contributed by atoms with Crippen molar-refractivity contribution < 1.29 is 52.1 Å². The van der Waals surface area contributed by atoms with Gasteiger partial charge >= 0.3 is 12.1 Å². The summed E-state index contributed by atoms with van der Waals surface area (Å²) in [5, 5.41) is 19.6. The number of aromatic nitrogens is 2. The van der Waals surface area contributed by atoms with Gasteiger partial charge < -0.3 is 42.7 Å². The Balaban J connectivity index is 1.32. The number of azide groups is 1. The van der Waals surface area contributed by atoms with Gasteiger partial charge in [-0.25, -0.2) is 19.6 Å². The van der Waals surface area contributed by atoms with Gasteiger partial charge in [-0.15, -0.1) is 0 Å². The third kappa shape index (κ3) is 13.9. The van der Waals surface area contributed by atoms with Crippen LogP contribution in [0.25, 0.3) is 10.4 Å². The lowest BCUT2D eigenvalue weighted by Gasteiger charge is -2.59. The number of nitrogens with zero attached hydrogens (tertiary/aromatic N) is 7. The topological polar surface area (TPSA) is 237 Å². The molecule has 4 aliphatic rings. The smallest absolute Gasteiger partial charge is 0.409 e. The monoisotopic (exact) mass is 1040 g/mol. The van der Waals surface area contributed by atoms with E-state index in [9.17, 15) is 24.3 Å². The molecule has 2 fully saturated rings. The number of hydrogen-bond acceptors (Lipinski definition) is 15. The number of halogens is 1. The van der Waals surface area contributed by atoms with Crippen molar-refractivity contribution in [1.29, 1.82) is 0 Å². The second kappa shape index (κ2) is 22.9. The van der Waals surface area contributed by atoms with E-state index in [1.807, 2.05) is 26.0 Å². The molecule has 19 nitrogen and oxygen atoms in total. The fraction of sp³-hybridized carbons (Fsp3) is 0.617. The molecule has 7 atom stereocenters. The number of anilines is 1. The summed E-state index contributed by atoms with van der Waals surface area (Å²) in [6.45, 7) is 17.6. The molecule has 5 heterocycles. The van der Waals surface area contributed by atoms with Crippen molar-refractivity contribution >= 4 is 69.6 Å². The lowest BCUT2D eigenvalue weighted by Crippen LogP contribution is -2.72. The minimum Gasteiger partial charge on any atom is -0.495 e. The molecule has 384 valence electrons. The van der Waals surface area contributed by atoms with Gasteiger partial charge in [-0.1, -0.05) is 51.8 Å². The van der Waals surface area contributed by atoms with Crippen molar-refractivity contribution in [3.05, 3.63) is 74.4 Å². The normalized spacial score (nSPS) is 27.2. The van der Waals surface area contributed by atoms with E-state index in [1.165, 1.54) is 35.8 Å². The van der Waals surface area contributed by atoms with Gasteiger partial charge in [0.2, 0.25) is 11.8 Å².